The van der Waals surface area contributed by atoms with Crippen LogP contribution in [0.5, 0.6) is 11.5 Å². The Labute approximate surface area is 139 Å². The summed E-state index contributed by atoms with van der Waals surface area (Å²) in [4.78, 5) is 4.46. The molecule has 0 radical (unpaired) electrons. The van der Waals surface area contributed by atoms with Crippen LogP contribution in [-0.2, 0) is 6.54 Å². The summed E-state index contributed by atoms with van der Waals surface area (Å²) in [5.74, 6) is 3.01. The Kier molecular flexibility index (Phi) is 3.68. The van der Waals surface area contributed by atoms with E-state index in [1.165, 1.54) is 12.8 Å². The second-order valence-corrected chi connectivity index (χ2v) is 5.89. The smallest absolute Gasteiger partial charge is 0.261 e. The third-order valence-electron chi connectivity index (χ3n) is 4.09. The molecular weight excluding hydrogens is 308 g/mol. The van der Waals surface area contributed by atoms with Crippen molar-refractivity contribution in [2.24, 2.45) is 5.92 Å². The van der Waals surface area contributed by atoms with Gasteiger partial charge in [0.05, 0.1) is 26.0 Å². The molecule has 2 aromatic heterocycles. The second kappa shape index (κ2) is 5.99. The molecule has 1 aromatic carbocycles. The Morgan fingerprint density at radius 2 is 2.00 bits per heavy atom. The highest BCUT2D eigenvalue weighted by atomic mass is 16.5. The maximum Gasteiger partial charge on any atom is 0.261 e. The van der Waals surface area contributed by atoms with Gasteiger partial charge in [0.15, 0.2) is 11.5 Å². The van der Waals surface area contributed by atoms with Crippen LogP contribution >= 0.6 is 0 Å². The largest absolute Gasteiger partial charge is 0.493 e. The summed E-state index contributed by atoms with van der Waals surface area (Å²) < 4.78 is 17.9. The lowest BCUT2D eigenvalue weighted by Crippen LogP contribution is -1.98. The fourth-order valence-corrected chi connectivity index (χ4v) is 2.57. The lowest BCUT2D eigenvalue weighted by atomic mass is 10.2. The number of benzene rings is 1. The molecule has 2 heterocycles. The van der Waals surface area contributed by atoms with E-state index >= 15 is 0 Å². The predicted octanol–water partition coefficient (Wildman–Crippen LogP) is 3.03. The van der Waals surface area contributed by atoms with Gasteiger partial charge in [0, 0.05) is 18.3 Å². The Morgan fingerprint density at radius 3 is 2.75 bits per heavy atom. The van der Waals surface area contributed by atoms with Crippen LogP contribution in [0.4, 0.5) is 0 Å². The van der Waals surface area contributed by atoms with Crippen LogP contribution in [0.2, 0.25) is 0 Å². The first-order valence-electron chi connectivity index (χ1n) is 7.86. The summed E-state index contributed by atoms with van der Waals surface area (Å²) in [5.41, 5.74) is 1.63. The lowest BCUT2D eigenvalue weighted by Gasteiger charge is -2.07. The average molecular weight is 326 g/mol. The van der Waals surface area contributed by atoms with Gasteiger partial charge in [-0.1, -0.05) is 5.16 Å². The third-order valence-corrected chi connectivity index (χ3v) is 4.09. The van der Waals surface area contributed by atoms with Crippen LogP contribution in [0.1, 0.15) is 12.8 Å². The molecule has 3 aromatic rings. The molecule has 0 unspecified atom stereocenters. The molecule has 0 N–H and O–H groups in total. The van der Waals surface area contributed by atoms with Crippen LogP contribution in [0.15, 0.2) is 35.1 Å². The first kappa shape index (κ1) is 14.7. The number of rotatable bonds is 6. The summed E-state index contributed by atoms with van der Waals surface area (Å²) in [7, 11) is 3.20. The summed E-state index contributed by atoms with van der Waals surface area (Å²) >= 11 is 0. The monoisotopic (exact) mass is 326 g/mol. The summed E-state index contributed by atoms with van der Waals surface area (Å²) in [6.45, 7) is 0.955. The van der Waals surface area contributed by atoms with Crippen molar-refractivity contribution in [3.05, 3.63) is 30.6 Å². The zero-order valence-corrected chi connectivity index (χ0v) is 13.6. The highest BCUT2D eigenvalue weighted by Gasteiger charge is 2.22. The summed E-state index contributed by atoms with van der Waals surface area (Å²) in [5, 5.41) is 8.41. The highest BCUT2D eigenvalue weighted by molar-refractivity contribution is 5.63. The van der Waals surface area contributed by atoms with Crippen molar-refractivity contribution in [3.8, 4) is 34.3 Å². The van der Waals surface area contributed by atoms with Gasteiger partial charge in [-0.15, -0.1) is 0 Å². The van der Waals surface area contributed by atoms with Gasteiger partial charge < -0.3 is 14.0 Å². The fraction of sp³-hybridized carbons (Fsp3) is 0.353. The van der Waals surface area contributed by atoms with Crippen molar-refractivity contribution in [1.29, 1.82) is 0 Å². The van der Waals surface area contributed by atoms with Gasteiger partial charge in [0.1, 0.15) is 0 Å². The van der Waals surface area contributed by atoms with Gasteiger partial charge >= 0.3 is 0 Å². The quantitative estimate of drug-likeness (QED) is 0.693. The summed E-state index contributed by atoms with van der Waals surface area (Å²) in [6, 6.07) is 5.51. The Morgan fingerprint density at radius 1 is 1.17 bits per heavy atom. The van der Waals surface area contributed by atoms with Gasteiger partial charge in [-0.25, -0.2) is 0 Å². The van der Waals surface area contributed by atoms with Crippen molar-refractivity contribution in [1.82, 2.24) is 19.9 Å². The van der Waals surface area contributed by atoms with E-state index in [9.17, 15) is 0 Å². The van der Waals surface area contributed by atoms with Gasteiger partial charge in [-0.05, 0) is 37.0 Å². The van der Waals surface area contributed by atoms with Gasteiger partial charge in [-0.3, -0.25) is 4.68 Å². The molecule has 1 aliphatic carbocycles. The highest BCUT2D eigenvalue weighted by Crippen LogP contribution is 2.33. The Balaban J connectivity index is 1.58. The molecule has 0 aliphatic heterocycles. The molecule has 1 aliphatic rings. The molecule has 0 spiro atoms. The van der Waals surface area contributed by atoms with E-state index in [1.807, 2.05) is 29.1 Å². The van der Waals surface area contributed by atoms with Crippen LogP contribution in [0.25, 0.3) is 22.8 Å². The predicted molar refractivity (Wildman–Crippen MR) is 86.8 cm³/mol. The van der Waals surface area contributed by atoms with Crippen molar-refractivity contribution >= 4 is 0 Å². The zero-order valence-electron chi connectivity index (χ0n) is 13.6. The van der Waals surface area contributed by atoms with Gasteiger partial charge in [0.25, 0.3) is 5.89 Å². The van der Waals surface area contributed by atoms with E-state index in [1.54, 1.807) is 20.4 Å². The van der Waals surface area contributed by atoms with Crippen molar-refractivity contribution in [2.45, 2.75) is 19.4 Å². The second-order valence-electron chi connectivity index (χ2n) is 5.89. The molecule has 0 amide bonds. The maximum absolute atomic E-state index is 5.38. The topological polar surface area (TPSA) is 75.2 Å². The molecular formula is C17H18N4O3. The molecule has 1 saturated carbocycles. The van der Waals surface area contributed by atoms with Crippen molar-refractivity contribution < 1.29 is 14.0 Å². The molecule has 1 fully saturated rings. The molecule has 0 saturated heterocycles. The fourth-order valence-electron chi connectivity index (χ4n) is 2.57. The van der Waals surface area contributed by atoms with E-state index in [2.05, 4.69) is 15.2 Å². The average Bonchev–Trinajstić information content (AvgIpc) is 3.10. The minimum Gasteiger partial charge on any atom is -0.493 e. The Bertz CT molecular complexity index is 851. The van der Waals surface area contributed by atoms with Gasteiger partial charge in [-0.2, -0.15) is 10.1 Å². The summed E-state index contributed by atoms with van der Waals surface area (Å²) in [6.07, 6.45) is 6.29. The van der Waals surface area contributed by atoms with E-state index in [0.717, 1.165) is 23.6 Å². The number of ether oxygens (including phenoxy) is 2. The third kappa shape index (κ3) is 2.84. The minimum absolute atomic E-state index is 0.460. The SMILES string of the molecule is COc1ccc(-c2noc(-c3cnn(CC4CC4)c3)n2)cc1OC. The number of hydrogen-bond donors (Lipinski definition) is 0. The van der Waals surface area contributed by atoms with Crippen molar-refractivity contribution in [3.63, 3.8) is 0 Å². The van der Waals surface area contributed by atoms with E-state index in [-0.39, 0.29) is 0 Å². The number of aromatic nitrogens is 4. The molecule has 7 nitrogen and oxygen atoms in total. The van der Waals surface area contributed by atoms with E-state index in [4.69, 9.17) is 14.0 Å². The molecule has 4 rings (SSSR count). The zero-order chi connectivity index (χ0) is 16.5. The van der Waals surface area contributed by atoms with Crippen LogP contribution in [-0.4, -0.2) is 34.1 Å². The molecule has 7 heteroatoms. The number of hydrogen-bond acceptors (Lipinski definition) is 6. The molecule has 0 atom stereocenters. The standard InChI is InChI=1S/C17H18N4O3/c1-22-14-6-5-12(7-15(14)23-2)16-19-17(24-20-16)13-8-18-21(10-13)9-11-3-4-11/h5-8,10-11H,3-4,9H2,1-2H3. The first-order chi connectivity index (χ1) is 11.8. The van der Waals surface area contributed by atoms with Crippen LogP contribution in [0, 0.1) is 5.92 Å². The maximum atomic E-state index is 5.38. The van der Waals surface area contributed by atoms with Crippen molar-refractivity contribution in [2.75, 3.05) is 14.2 Å². The van der Waals surface area contributed by atoms with Crippen LogP contribution < -0.4 is 9.47 Å². The number of methoxy groups -OCH3 is 2. The van der Waals surface area contributed by atoms with E-state index < -0.39 is 0 Å². The molecule has 24 heavy (non-hydrogen) atoms. The van der Waals surface area contributed by atoms with Crippen LogP contribution in [0.3, 0.4) is 0 Å². The first-order valence-corrected chi connectivity index (χ1v) is 7.86. The van der Waals surface area contributed by atoms with Gasteiger partial charge in [0.2, 0.25) is 5.82 Å². The number of nitrogens with zero attached hydrogens (tertiary/aromatic N) is 4. The lowest BCUT2D eigenvalue weighted by molar-refractivity contribution is 0.355. The normalized spacial score (nSPS) is 13.9. The molecule has 0 bridgehead atoms. The van der Waals surface area contributed by atoms with E-state index in [0.29, 0.717) is 23.2 Å². The Hall–Kier alpha value is -2.83. The minimum atomic E-state index is 0.460. The molecule has 124 valence electrons.